The number of esters is 1. The summed E-state index contributed by atoms with van der Waals surface area (Å²) in [4.78, 5) is 11.9. The summed E-state index contributed by atoms with van der Waals surface area (Å²) in [5, 5.41) is 42.1. The lowest BCUT2D eigenvalue weighted by Gasteiger charge is -2.61. The van der Waals surface area contributed by atoms with E-state index in [0.29, 0.717) is 29.8 Å². The number of cyclic esters (lactones) is 1. The number of carbonyl (C=O) groups is 1. The van der Waals surface area contributed by atoms with E-state index in [0.717, 1.165) is 31.1 Å². The first-order chi connectivity index (χ1) is 25.2. The first-order valence-electron chi connectivity index (χ1n) is 20.4. The van der Waals surface area contributed by atoms with E-state index in [2.05, 4.69) is 13.8 Å². The average Bonchev–Trinajstić information content (AvgIpc) is 3.69. The molecule has 20 atom stereocenters. The van der Waals surface area contributed by atoms with Crippen molar-refractivity contribution in [1.82, 2.24) is 0 Å². The highest BCUT2D eigenvalue weighted by Crippen LogP contribution is 2.68. The Morgan fingerprint density at radius 2 is 1.40 bits per heavy atom. The second kappa shape index (κ2) is 14.9. The molecule has 4 aliphatic heterocycles. The number of hydrogen-bond donors (Lipinski definition) is 4. The number of aliphatic hydroxyl groups is 4. The fourth-order valence-electron chi connectivity index (χ4n) is 12.4. The van der Waals surface area contributed by atoms with Crippen molar-refractivity contribution in [2.24, 2.45) is 40.4 Å². The SMILES string of the molecule is C[C@H]1O[C@@H](O[C@H]2[C@@H](C)O[C@@H](O[C@H]3[C@@H](O)C[C@H](O[C@H]4CC[C@@]5(C)[C@H](CCC6C7CC[C@H](C8=CC(=O)OC8)[C@@]7(C)CC[C@@H]65)C4)O[C@@H]3C)O[C@@H]2O)C[C@H](O)[C@@H]1O. The van der Waals surface area contributed by atoms with Gasteiger partial charge in [0.2, 0.25) is 0 Å². The topological polar surface area (TPSA) is 172 Å². The molecule has 7 fully saturated rings. The van der Waals surface area contributed by atoms with E-state index in [1.807, 2.05) is 6.92 Å². The Morgan fingerprint density at radius 3 is 2.11 bits per heavy atom. The summed E-state index contributed by atoms with van der Waals surface area (Å²) in [5.74, 6) is 3.07. The van der Waals surface area contributed by atoms with Gasteiger partial charge in [0.25, 0.3) is 6.48 Å². The van der Waals surface area contributed by atoms with Gasteiger partial charge in [0.05, 0.1) is 36.6 Å². The lowest BCUT2D eigenvalue weighted by molar-refractivity contribution is -0.437. The number of ether oxygens (including phenoxy) is 8. The number of hydrogen-bond acceptors (Lipinski definition) is 13. The van der Waals surface area contributed by atoms with E-state index in [-0.39, 0.29) is 30.3 Å². The third kappa shape index (κ3) is 7.17. The van der Waals surface area contributed by atoms with Crippen LogP contribution in [0.1, 0.15) is 105 Å². The monoisotopic (exact) mass is 750 g/mol. The molecule has 0 aromatic heterocycles. The van der Waals surface area contributed by atoms with Crippen LogP contribution in [0, 0.1) is 40.4 Å². The second-order valence-corrected chi connectivity index (χ2v) is 18.2. The van der Waals surface area contributed by atoms with Gasteiger partial charge in [-0.05, 0) is 125 Å². The third-order valence-electron chi connectivity index (χ3n) is 15.3. The van der Waals surface area contributed by atoms with Crippen molar-refractivity contribution >= 4 is 5.97 Å². The van der Waals surface area contributed by atoms with Crippen molar-refractivity contribution < 1.29 is 63.1 Å². The fraction of sp³-hybridized carbons (Fsp3) is 0.925. The third-order valence-corrected chi connectivity index (χ3v) is 15.3. The Kier molecular flexibility index (Phi) is 10.9. The minimum atomic E-state index is -1.42. The molecule has 53 heavy (non-hydrogen) atoms. The lowest BCUT2D eigenvalue weighted by atomic mass is 9.44. The Hall–Kier alpha value is -1.23. The molecule has 8 rings (SSSR count). The second-order valence-electron chi connectivity index (χ2n) is 18.2. The first-order valence-corrected chi connectivity index (χ1v) is 20.4. The minimum absolute atomic E-state index is 0.0386. The molecule has 0 aromatic rings. The van der Waals surface area contributed by atoms with Crippen LogP contribution in [0.15, 0.2) is 11.6 Å². The number of fused-ring (bicyclic) bond motifs is 5. The van der Waals surface area contributed by atoms with Gasteiger partial charge in [-0.1, -0.05) is 13.8 Å². The lowest BCUT2D eigenvalue weighted by Crippen LogP contribution is -2.57. The van der Waals surface area contributed by atoms with E-state index >= 15 is 0 Å². The van der Waals surface area contributed by atoms with E-state index in [9.17, 15) is 25.2 Å². The van der Waals surface area contributed by atoms with Crippen LogP contribution in [-0.2, 0) is 42.7 Å². The van der Waals surface area contributed by atoms with Crippen molar-refractivity contribution in [1.29, 1.82) is 0 Å². The van der Waals surface area contributed by atoms with E-state index in [4.69, 9.17) is 37.9 Å². The van der Waals surface area contributed by atoms with Gasteiger partial charge in [-0.15, -0.1) is 0 Å². The summed E-state index contributed by atoms with van der Waals surface area (Å²) in [6, 6.07) is 0. The Labute approximate surface area is 312 Å². The average molecular weight is 751 g/mol. The zero-order valence-corrected chi connectivity index (χ0v) is 31.9. The number of carbonyl (C=O) groups excluding carboxylic acids is 1. The van der Waals surface area contributed by atoms with Gasteiger partial charge < -0.3 is 53.6 Å². The molecule has 300 valence electrons. The van der Waals surface area contributed by atoms with E-state index in [1.54, 1.807) is 19.9 Å². The summed E-state index contributed by atoms with van der Waals surface area (Å²) >= 11 is 0. The summed E-state index contributed by atoms with van der Waals surface area (Å²) < 4.78 is 47.2. The predicted octanol–water partition coefficient (Wildman–Crippen LogP) is 3.67. The Bertz CT molecular complexity index is 1330. The molecule has 0 radical (unpaired) electrons. The van der Waals surface area contributed by atoms with Crippen LogP contribution in [0.5, 0.6) is 0 Å². The van der Waals surface area contributed by atoms with Gasteiger partial charge in [-0.3, -0.25) is 4.74 Å². The zero-order chi connectivity index (χ0) is 37.4. The minimum Gasteiger partial charge on any atom is -0.458 e. The molecule has 3 saturated heterocycles. The highest BCUT2D eigenvalue weighted by atomic mass is 16.9. The van der Waals surface area contributed by atoms with Crippen LogP contribution in [0.2, 0.25) is 0 Å². The molecule has 8 aliphatic rings. The van der Waals surface area contributed by atoms with Gasteiger partial charge >= 0.3 is 5.97 Å². The molecule has 0 amide bonds. The van der Waals surface area contributed by atoms with E-state index in [1.165, 1.54) is 44.1 Å². The molecule has 4 N–H and O–H groups in total. The van der Waals surface area contributed by atoms with Crippen molar-refractivity contribution in [2.45, 2.75) is 186 Å². The summed E-state index contributed by atoms with van der Waals surface area (Å²) in [6.07, 6.45) is 3.34. The molecule has 13 heteroatoms. The molecule has 0 spiro atoms. The smallest absolute Gasteiger partial charge is 0.331 e. The summed E-state index contributed by atoms with van der Waals surface area (Å²) in [6.45, 7) is 9.45. The highest BCUT2D eigenvalue weighted by molar-refractivity contribution is 5.85. The normalized spacial score (nSPS) is 54.4. The molecule has 13 nitrogen and oxygen atoms in total. The fourth-order valence-corrected chi connectivity index (χ4v) is 12.4. The molecule has 2 unspecified atom stereocenters. The molecule has 4 heterocycles. The van der Waals surface area contributed by atoms with Gasteiger partial charge in [0.1, 0.15) is 24.9 Å². The molecule has 0 bridgehead atoms. The molecular formula is C40H62O13. The molecular weight excluding hydrogens is 688 g/mol. The van der Waals surface area contributed by atoms with Crippen LogP contribution in [0.3, 0.4) is 0 Å². The van der Waals surface area contributed by atoms with Gasteiger partial charge in [0.15, 0.2) is 18.9 Å². The van der Waals surface area contributed by atoms with Gasteiger partial charge in [-0.2, -0.15) is 0 Å². The van der Waals surface area contributed by atoms with Crippen LogP contribution in [0.25, 0.3) is 0 Å². The quantitative estimate of drug-likeness (QED) is 0.220. The molecule has 0 aromatic carbocycles. The van der Waals surface area contributed by atoms with Crippen LogP contribution in [-0.4, -0.2) is 113 Å². The highest BCUT2D eigenvalue weighted by Gasteiger charge is 2.61. The largest absolute Gasteiger partial charge is 0.458 e. The maximum absolute atomic E-state index is 11.9. The predicted molar refractivity (Wildman–Crippen MR) is 186 cm³/mol. The standard InChI is InChI=1S/C40H62O13/c1-19-34(44)29(41)16-33(47-19)51-36-21(3)49-38(53-37(36)45)52-35-20(2)48-32(17-30(35)42)50-24-10-12-39(4)23(15-24)6-7-25-27-9-8-26(22-14-31(43)46-18-22)40(27,5)13-11-28(25)39/h14,19-21,23-30,32-38,41-42,44-45H,6-13,15-18H2,1-5H3/t19-,20-,21-,23-,24+,25?,26-,27?,28+,29+,30+,32+,33+,34-,35-,36+,37+,38+,39+,40-/m1/s1. The summed E-state index contributed by atoms with van der Waals surface area (Å²) in [7, 11) is 0. The van der Waals surface area contributed by atoms with Gasteiger partial charge in [-0.25, -0.2) is 4.79 Å². The van der Waals surface area contributed by atoms with E-state index < -0.39 is 74.2 Å². The maximum atomic E-state index is 11.9. The number of aliphatic hydroxyl groups excluding tert-OH is 4. The van der Waals surface area contributed by atoms with Crippen LogP contribution < -0.4 is 0 Å². The maximum Gasteiger partial charge on any atom is 0.331 e. The zero-order valence-electron chi connectivity index (χ0n) is 31.9. The Balaban J connectivity index is 0.815. The van der Waals surface area contributed by atoms with Crippen LogP contribution in [0.4, 0.5) is 0 Å². The van der Waals surface area contributed by atoms with Crippen molar-refractivity contribution in [3.63, 3.8) is 0 Å². The van der Waals surface area contributed by atoms with Gasteiger partial charge in [0, 0.05) is 18.9 Å². The number of rotatable bonds is 7. The van der Waals surface area contributed by atoms with Crippen molar-refractivity contribution in [2.75, 3.05) is 6.61 Å². The molecule has 4 aliphatic carbocycles. The van der Waals surface area contributed by atoms with Crippen LogP contribution >= 0.6 is 0 Å². The first kappa shape index (κ1) is 38.6. The summed E-state index contributed by atoms with van der Waals surface area (Å²) in [5.41, 5.74) is 1.78. The van der Waals surface area contributed by atoms with Crippen molar-refractivity contribution in [3.8, 4) is 0 Å². The van der Waals surface area contributed by atoms with Crippen molar-refractivity contribution in [3.05, 3.63) is 11.6 Å². The Morgan fingerprint density at radius 1 is 0.698 bits per heavy atom. The molecule has 4 saturated carbocycles.